The van der Waals surface area contributed by atoms with Crippen molar-refractivity contribution >= 4 is 5.97 Å². The predicted octanol–water partition coefficient (Wildman–Crippen LogP) is 10.0. The van der Waals surface area contributed by atoms with Gasteiger partial charge in [-0.3, -0.25) is 9.78 Å². The third-order valence-electron chi connectivity index (χ3n) is 8.53. The third-order valence-corrected chi connectivity index (χ3v) is 8.53. The van der Waals surface area contributed by atoms with Gasteiger partial charge in [0.2, 0.25) is 0 Å². The number of nitriles is 1. The van der Waals surface area contributed by atoms with Crippen LogP contribution in [0.25, 0.3) is 11.3 Å². The minimum Gasteiger partial charge on any atom is -0.426 e. The average Bonchev–Trinajstić information content (AvgIpc) is 2.98. The minimum absolute atomic E-state index is 0.114. The standard InChI is InChI=1S/C35H50N2O2/c1-3-5-7-9-11-13-15-29-16-21-33(37-27-29)30-17-19-32(20-18-30)39-34(38)31-22-25-35(28-36,26-23-31)24-14-12-10-8-6-4-2/h16-21,27,31H,3-15,22-26H2,1-2H3/t31-,35-. The van der Waals surface area contributed by atoms with Crippen molar-refractivity contribution in [3.8, 4) is 23.1 Å². The molecule has 1 aliphatic carbocycles. The molecule has 0 saturated heterocycles. The van der Waals surface area contributed by atoms with E-state index in [0.717, 1.165) is 56.2 Å². The third kappa shape index (κ3) is 10.4. The summed E-state index contributed by atoms with van der Waals surface area (Å²) in [6.45, 7) is 4.49. The van der Waals surface area contributed by atoms with Gasteiger partial charge in [0.1, 0.15) is 5.75 Å². The highest BCUT2D eigenvalue weighted by Crippen LogP contribution is 2.43. The second kappa shape index (κ2) is 17.1. The molecule has 0 N–H and O–H groups in total. The highest BCUT2D eigenvalue weighted by atomic mass is 16.5. The van der Waals surface area contributed by atoms with Gasteiger partial charge in [-0.2, -0.15) is 5.26 Å². The Labute approximate surface area is 237 Å². The van der Waals surface area contributed by atoms with Gasteiger partial charge in [0.05, 0.1) is 23.1 Å². The summed E-state index contributed by atoms with van der Waals surface area (Å²) in [6, 6.07) is 14.5. The summed E-state index contributed by atoms with van der Waals surface area (Å²) in [7, 11) is 0. The first-order valence-corrected chi connectivity index (χ1v) is 15.8. The van der Waals surface area contributed by atoms with Crippen molar-refractivity contribution in [2.75, 3.05) is 0 Å². The first-order chi connectivity index (χ1) is 19.1. The summed E-state index contributed by atoms with van der Waals surface area (Å²) in [5.41, 5.74) is 3.00. The molecular formula is C35H50N2O2. The first-order valence-electron chi connectivity index (χ1n) is 15.8. The largest absolute Gasteiger partial charge is 0.426 e. The SMILES string of the molecule is CCCCCCCCc1ccc(-c2ccc(OC(=O)[C@H]3CC[C@@](C#N)(CCCCCCCC)CC3)cc2)nc1. The first kappa shape index (κ1) is 30.9. The van der Waals surface area contributed by atoms with Gasteiger partial charge in [0.25, 0.3) is 0 Å². The monoisotopic (exact) mass is 530 g/mol. The van der Waals surface area contributed by atoms with Gasteiger partial charge in [-0.25, -0.2) is 0 Å². The number of benzene rings is 1. The number of esters is 1. The van der Waals surface area contributed by atoms with Gasteiger partial charge in [-0.1, -0.05) is 90.5 Å². The van der Waals surface area contributed by atoms with E-state index in [4.69, 9.17) is 4.74 Å². The molecular weight excluding hydrogens is 480 g/mol. The number of carbonyl (C=O) groups is 1. The lowest BCUT2D eigenvalue weighted by Gasteiger charge is -2.34. The van der Waals surface area contributed by atoms with Gasteiger partial charge in [-0.05, 0) is 80.8 Å². The van der Waals surface area contributed by atoms with E-state index in [1.807, 2.05) is 30.5 Å². The van der Waals surface area contributed by atoms with Crippen molar-refractivity contribution in [1.82, 2.24) is 4.98 Å². The number of aromatic nitrogens is 1. The highest BCUT2D eigenvalue weighted by molar-refractivity contribution is 5.75. The molecule has 0 atom stereocenters. The van der Waals surface area contributed by atoms with Crippen LogP contribution in [0.3, 0.4) is 0 Å². The van der Waals surface area contributed by atoms with Crippen molar-refractivity contribution in [2.24, 2.45) is 11.3 Å². The molecule has 39 heavy (non-hydrogen) atoms. The van der Waals surface area contributed by atoms with Crippen LogP contribution in [0.15, 0.2) is 42.6 Å². The minimum atomic E-state index is -0.250. The van der Waals surface area contributed by atoms with Crippen molar-refractivity contribution in [1.29, 1.82) is 5.26 Å². The summed E-state index contributed by atoms with van der Waals surface area (Å²) >= 11 is 0. The van der Waals surface area contributed by atoms with Crippen molar-refractivity contribution < 1.29 is 9.53 Å². The van der Waals surface area contributed by atoms with Crippen LogP contribution < -0.4 is 4.74 Å². The molecule has 1 fully saturated rings. The Morgan fingerprint density at radius 2 is 1.49 bits per heavy atom. The number of aryl methyl sites for hydroxylation is 1. The van der Waals surface area contributed by atoms with Crippen molar-refractivity contribution in [3.63, 3.8) is 0 Å². The molecule has 1 heterocycles. The fourth-order valence-corrected chi connectivity index (χ4v) is 5.81. The van der Waals surface area contributed by atoms with E-state index >= 15 is 0 Å². The van der Waals surface area contributed by atoms with E-state index in [1.165, 1.54) is 76.2 Å². The Balaban J connectivity index is 1.41. The fraction of sp³-hybridized carbons (Fsp3) is 0.629. The summed E-state index contributed by atoms with van der Waals surface area (Å²) in [5, 5.41) is 9.88. The van der Waals surface area contributed by atoms with Gasteiger partial charge in [0, 0.05) is 11.8 Å². The summed E-state index contributed by atoms with van der Waals surface area (Å²) in [4.78, 5) is 17.5. The second-order valence-electron chi connectivity index (χ2n) is 11.7. The van der Waals surface area contributed by atoms with Crippen LogP contribution in [-0.4, -0.2) is 11.0 Å². The molecule has 0 spiro atoms. The molecule has 1 aliphatic rings. The number of ether oxygens (including phenoxy) is 1. The molecule has 1 aromatic carbocycles. The predicted molar refractivity (Wildman–Crippen MR) is 160 cm³/mol. The van der Waals surface area contributed by atoms with E-state index in [1.54, 1.807) is 0 Å². The zero-order valence-electron chi connectivity index (χ0n) is 24.6. The summed E-state index contributed by atoms with van der Waals surface area (Å²) < 4.78 is 5.74. The molecule has 1 saturated carbocycles. The molecule has 0 amide bonds. The molecule has 3 rings (SSSR count). The number of rotatable bonds is 17. The second-order valence-corrected chi connectivity index (χ2v) is 11.7. The molecule has 0 aliphatic heterocycles. The quantitative estimate of drug-likeness (QED) is 0.116. The normalized spacial score (nSPS) is 18.9. The number of hydrogen-bond acceptors (Lipinski definition) is 4. The lowest BCUT2D eigenvalue weighted by Crippen LogP contribution is -2.31. The zero-order valence-corrected chi connectivity index (χ0v) is 24.6. The maximum absolute atomic E-state index is 12.9. The Kier molecular flexibility index (Phi) is 13.5. The molecule has 1 aromatic heterocycles. The number of carbonyl (C=O) groups excluding carboxylic acids is 1. The maximum Gasteiger partial charge on any atom is 0.314 e. The van der Waals surface area contributed by atoms with Crippen molar-refractivity contribution in [3.05, 3.63) is 48.2 Å². The smallest absolute Gasteiger partial charge is 0.314 e. The van der Waals surface area contributed by atoms with Crippen LogP contribution in [-0.2, 0) is 11.2 Å². The molecule has 0 bridgehead atoms. The number of unbranched alkanes of at least 4 members (excludes halogenated alkanes) is 10. The highest BCUT2D eigenvalue weighted by Gasteiger charge is 2.38. The van der Waals surface area contributed by atoms with E-state index in [-0.39, 0.29) is 17.3 Å². The topological polar surface area (TPSA) is 63.0 Å². The molecule has 212 valence electrons. The number of hydrogen-bond donors (Lipinski definition) is 0. The zero-order chi connectivity index (χ0) is 27.8. The van der Waals surface area contributed by atoms with E-state index < -0.39 is 0 Å². The van der Waals surface area contributed by atoms with Crippen LogP contribution in [0.1, 0.15) is 129 Å². The average molecular weight is 531 g/mol. The lowest BCUT2D eigenvalue weighted by molar-refractivity contribution is -0.140. The lowest BCUT2D eigenvalue weighted by atomic mass is 9.69. The van der Waals surface area contributed by atoms with Crippen LogP contribution in [0.5, 0.6) is 5.75 Å². The van der Waals surface area contributed by atoms with Crippen molar-refractivity contribution in [2.45, 2.75) is 129 Å². The fourth-order valence-electron chi connectivity index (χ4n) is 5.81. The van der Waals surface area contributed by atoms with E-state index in [9.17, 15) is 10.1 Å². The van der Waals surface area contributed by atoms with Gasteiger partial charge >= 0.3 is 5.97 Å². The molecule has 2 aromatic rings. The summed E-state index contributed by atoms with van der Waals surface area (Å²) in [6.07, 6.45) is 22.4. The molecule has 4 heteroatoms. The van der Waals surface area contributed by atoms with Gasteiger partial charge in [-0.15, -0.1) is 0 Å². The molecule has 0 radical (unpaired) electrons. The maximum atomic E-state index is 12.9. The van der Waals surface area contributed by atoms with E-state index in [0.29, 0.717) is 5.75 Å². The number of nitrogens with zero attached hydrogens (tertiary/aromatic N) is 2. The van der Waals surface area contributed by atoms with E-state index in [2.05, 4.69) is 37.0 Å². The molecule has 4 nitrogen and oxygen atoms in total. The van der Waals surface area contributed by atoms with Crippen LogP contribution in [0.4, 0.5) is 0 Å². The Bertz CT molecular complexity index is 998. The van der Waals surface area contributed by atoms with Crippen LogP contribution in [0.2, 0.25) is 0 Å². The Morgan fingerprint density at radius 3 is 2.08 bits per heavy atom. The summed E-state index contributed by atoms with van der Waals surface area (Å²) in [5.74, 6) is 0.301. The van der Waals surface area contributed by atoms with Crippen LogP contribution in [0, 0.1) is 22.7 Å². The van der Waals surface area contributed by atoms with Crippen LogP contribution >= 0.6 is 0 Å². The Hall–Kier alpha value is -2.67. The van der Waals surface area contributed by atoms with Gasteiger partial charge in [0.15, 0.2) is 0 Å². The Morgan fingerprint density at radius 1 is 0.872 bits per heavy atom. The number of pyridine rings is 1. The van der Waals surface area contributed by atoms with Gasteiger partial charge < -0.3 is 4.74 Å². The molecule has 0 unspecified atom stereocenters.